The molecule has 0 aliphatic heterocycles. The van der Waals surface area contributed by atoms with Gasteiger partial charge in [-0.3, -0.25) is 0 Å². The van der Waals surface area contributed by atoms with Crippen LogP contribution in [0.25, 0.3) is 11.1 Å². The topological polar surface area (TPSA) is 0 Å². The number of alkyl halides is 2. The van der Waals surface area contributed by atoms with Gasteiger partial charge in [0.1, 0.15) is 0 Å². The fourth-order valence-corrected chi connectivity index (χ4v) is 2.37. The summed E-state index contributed by atoms with van der Waals surface area (Å²) in [6, 6.07) is 16.8. The van der Waals surface area contributed by atoms with Crippen molar-refractivity contribution in [2.24, 2.45) is 0 Å². The molecule has 0 atom stereocenters. The minimum absolute atomic E-state index is 0.328. The summed E-state index contributed by atoms with van der Waals surface area (Å²) >= 11 is 12.6. The van der Waals surface area contributed by atoms with Crippen LogP contribution in [0.3, 0.4) is 0 Å². The van der Waals surface area contributed by atoms with E-state index in [-0.39, 0.29) is 9.75 Å². The number of halogens is 2. The third kappa shape index (κ3) is 3.56. The maximum atomic E-state index is 6.31. The van der Waals surface area contributed by atoms with Crippen molar-refractivity contribution in [3.05, 3.63) is 59.7 Å². The molecule has 0 heterocycles. The van der Waals surface area contributed by atoms with Crippen LogP contribution in [0.2, 0.25) is 0 Å². The van der Waals surface area contributed by atoms with Crippen LogP contribution in [-0.4, -0.2) is 0 Å². The predicted octanol–water partition coefficient (Wildman–Crippen LogP) is 6.30. The summed E-state index contributed by atoms with van der Waals surface area (Å²) in [5, 5.41) is 0. The molecule has 0 N–H and O–H groups in total. The Balaban J connectivity index is 2.29. The van der Waals surface area contributed by atoms with Crippen LogP contribution in [0.1, 0.15) is 38.8 Å². The second kappa shape index (κ2) is 5.42. The second-order valence-corrected chi connectivity index (χ2v) is 7.99. The minimum Gasteiger partial charge on any atom is -0.115 e. The Hall–Kier alpha value is -0.980. The first-order valence-corrected chi connectivity index (χ1v) is 7.53. The molecule has 0 aliphatic carbocycles. The van der Waals surface area contributed by atoms with Gasteiger partial charge in [0.05, 0.1) is 9.75 Å². The highest BCUT2D eigenvalue weighted by Gasteiger charge is 2.17. The fraction of sp³-hybridized carbons (Fsp3) is 0.333. The summed E-state index contributed by atoms with van der Waals surface area (Å²) in [5.41, 5.74) is 4.63. The fourth-order valence-electron chi connectivity index (χ4n) is 2.12. The first-order chi connectivity index (χ1) is 9.18. The smallest absolute Gasteiger partial charge is 0.0638 e. The summed E-state index contributed by atoms with van der Waals surface area (Å²) in [6.07, 6.45) is 0. The van der Waals surface area contributed by atoms with Crippen molar-refractivity contribution in [2.45, 2.75) is 37.4 Å². The Bertz CT molecular complexity index is 511. The zero-order chi connectivity index (χ0) is 15.0. The molecule has 0 bridgehead atoms. The monoisotopic (exact) mass is 306 g/mol. The molecule has 0 saturated carbocycles. The standard InChI is InChI=1S/C18H20Cl2/c1-17(2,19)15-9-5-13(6-10-15)14-7-11-16(12-8-14)18(3,4)20/h5-12H,1-4H3. The molecule has 0 unspecified atom stereocenters. The van der Waals surface area contributed by atoms with E-state index in [1.165, 1.54) is 11.1 Å². The van der Waals surface area contributed by atoms with E-state index in [1.54, 1.807) is 0 Å². The lowest BCUT2D eigenvalue weighted by Gasteiger charge is -2.18. The third-order valence-electron chi connectivity index (χ3n) is 3.48. The van der Waals surface area contributed by atoms with E-state index < -0.39 is 0 Å². The molecule has 0 nitrogen and oxygen atoms in total. The predicted molar refractivity (Wildman–Crippen MR) is 89.6 cm³/mol. The molecule has 2 aromatic carbocycles. The van der Waals surface area contributed by atoms with Crippen LogP contribution in [0.5, 0.6) is 0 Å². The van der Waals surface area contributed by atoms with Gasteiger partial charge in [-0.15, -0.1) is 23.2 Å². The number of hydrogen-bond acceptors (Lipinski definition) is 0. The average Bonchev–Trinajstić information content (AvgIpc) is 2.37. The minimum atomic E-state index is -0.328. The largest absolute Gasteiger partial charge is 0.115 e. The molecule has 0 aliphatic rings. The average molecular weight is 307 g/mol. The Morgan fingerprint density at radius 3 is 1.00 bits per heavy atom. The molecule has 106 valence electrons. The molecule has 0 spiro atoms. The van der Waals surface area contributed by atoms with E-state index in [9.17, 15) is 0 Å². The van der Waals surface area contributed by atoms with Crippen LogP contribution in [0, 0.1) is 0 Å². The molecule has 0 fully saturated rings. The Kier molecular flexibility index (Phi) is 4.18. The molecule has 0 aromatic heterocycles. The van der Waals surface area contributed by atoms with E-state index in [4.69, 9.17) is 23.2 Å². The number of rotatable bonds is 3. The highest BCUT2D eigenvalue weighted by atomic mass is 35.5. The van der Waals surface area contributed by atoms with Crippen molar-refractivity contribution in [3.8, 4) is 11.1 Å². The summed E-state index contributed by atoms with van der Waals surface area (Å²) < 4.78 is 0. The van der Waals surface area contributed by atoms with Gasteiger partial charge in [0.25, 0.3) is 0 Å². The number of hydrogen-bond donors (Lipinski definition) is 0. The van der Waals surface area contributed by atoms with Crippen molar-refractivity contribution in [2.75, 3.05) is 0 Å². The summed E-state index contributed by atoms with van der Waals surface area (Å²) in [6.45, 7) is 8.00. The van der Waals surface area contributed by atoms with Crippen molar-refractivity contribution in [3.63, 3.8) is 0 Å². The van der Waals surface area contributed by atoms with Crippen LogP contribution >= 0.6 is 23.2 Å². The van der Waals surface area contributed by atoms with Gasteiger partial charge in [-0.05, 0) is 49.9 Å². The van der Waals surface area contributed by atoms with Crippen LogP contribution in [0.4, 0.5) is 0 Å². The van der Waals surface area contributed by atoms with Crippen LogP contribution in [-0.2, 0) is 9.75 Å². The third-order valence-corrected chi connectivity index (χ3v) is 3.91. The molecule has 2 heteroatoms. The maximum absolute atomic E-state index is 6.31. The van der Waals surface area contributed by atoms with Gasteiger partial charge in [-0.1, -0.05) is 48.5 Å². The normalized spacial score (nSPS) is 12.5. The summed E-state index contributed by atoms with van der Waals surface area (Å²) in [7, 11) is 0. The number of benzene rings is 2. The lowest BCUT2D eigenvalue weighted by Crippen LogP contribution is -2.07. The zero-order valence-electron chi connectivity index (χ0n) is 12.4. The molecule has 20 heavy (non-hydrogen) atoms. The summed E-state index contributed by atoms with van der Waals surface area (Å²) in [5.74, 6) is 0. The highest BCUT2D eigenvalue weighted by Crippen LogP contribution is 2.32. The van der Waals surface area contributed by atoms with Crippen LogP contribution in [0.15, 0.2) is 48.5 Å². The molecule has 2 aromatic rings. The first kappa shape index (κ1) is 15.4. The van der Waals surface area contributed by atoms with Crippen molar-refractivity contribution in [1.82, 2.24) is 0 Å². The van der Waals surface area contributed by atoms with Crippen LogP contribution < -0.4 is 0 Å². The zero-order valence-corrected chi connectivity index (χ0v) is 13.9. The Labute approximate surface area is 131 Å². The Morgan fingerprint density at radius 2 is 0.800 bits per heavy atom. The second-order valence-electron chi connectivity index (χ2n) is 6.10. The van der Waals surface area contributed by atoms with Crippen molar-refractivity contribution in [1.29, 1.82) is 0 Å². The van der Waals surface area contributed by atoms with Gasteiger partial charge < -0.3 is 0 Å². The van der Waals surface area contributed by atoms with E-state index in [2.05, 4.69) is 48.5 Å². The van der Waals surface area contributed by atoms with E-state index >= 15 is 0 Å². The quantitative estimate of drug-likeness (QED) is 0.584. The highest BCUT2D eigenvalue weighted by molar-refractivity contribution is 6.23. The van der Waals surface area contributed by atoms with E-state index in [0.717, 1.165) is 11.1 Å². The van der Waals surface area contributed by atoms with Gasteiger partial charge in [0.2, 0.25) is 0 Å². The maximum Gasteiger partial charge on any atom is 0.0638 e. The lowest BCUT2D eigenvalue weighted by atomic mass is 9.96. The molecule has 0 radical (unpaired) electrons. The molecular formula is C18H20Cl2. The van der Waals surface area contributed by atoms with Gasteiger partial charge >= 0.3 is 0 Å². The van der Waals surface area contributed by atoms with Crippen molar-refractivity contribution >= 4 is 23.2 Å². The lowest BCUT2D eigenvalue weighted by molar-refractivity contribution is 0.765. The molecule has 2 rings (SSSR count). The summed E-state index contributed by atoms with van der Waals surface area (Å²) in [4.78, 5) is -0.657. The Morgan fingerprint density at radius 1 is 0.550 bits per heavy atom. The van der Waals surface area contributed by atoms with E-state index in [1.807, 2.05) is 27.7 Å². The molecule has 0 amide bonds. The SMILES string of the molecule is CC(C)(Cl)c1ccc(-c2ccc(C(C)(C)Cl)cc2)cc1. The van der Waals surface area contributed by atoms with Gasteiger partial charge in [-0.25, -0.2) is 0 Å². The van der Waals surface area contributed by atoms with Gasteiger partial charge in [0, 0.05) is 0 Å². The van der Waals surface area contributed by atoms with Gasteiger partial charge in [-0.2, -0.15) is 0 Å². The van der Waals surface area contributed by atoms with Crippen molar-refractivity contribution < 1.29 is 0 Å². The van der Waals surface area contributed by atoms with E-state index in [0.29, 0.717) is 0 Å². The molecule has 0 saturated heterocycles. The van der Waals surface area contributed by atoms with Gasteiger partial charge in [0.15, 0.2) is 0 Å². The molecular weight excluding hydrogens is 287 g/mol. The first-order valence-electron chi connectivity index (χ1n) is 6.77.